The van der Waals surface area contributed by atoms with Gasteiger partial charge >= 0.3 is 0 Å². The van der Waals surface area contributed by atoms with Crippen LogP contribution in [0.1, 0.15) is 18.9 Å². The van der Waals surface area contributed by atoms with Gasteiger partial charge in [0.15, 0.2) is 0 Å². The van der Waals surface area contributed by atoms with Gasteiger partial charge in [0.2, 0.25) is 5.91 Å². The summed E-state index contributed by atoms with van der Waals surface area (Å²) in [5, 5.41) is 4.67. The second kappa shape index (κ2) is 8.97. The minimum absolute atomic E-state index is 0.0911. The molecule has 3 rings (SSSR count). The number of amides is 1. The number of hydrogen-bond donors (Lipinski definition) is 1. The van der Waals surface area contributed by atoms with Crippen LogP contribution in [0.25, 0.3) is 10.9 Å². The molecule has 28 heavy (non-hydrogen) atoms. The van der Waals surface area contributed by atoms with Gasteiger partial charge in [-0.25, -0.2) is 4.98 Å². The Bertz CT molecular complexity index is 991. The van der Waals surface area contributed by atoms with Crippen LogP contribution in [0.2, 0.25) is 0 Å². The summed E-state index contributed by atoms with van der Waals surface area (Å²) in [6, 6.07) is 15.4. The normalized spacial score (nSPS) is 11.9. The second-order valence-corrected chi connectivity index (χ2v) is 7.59. The van der Waals surface area contributed by atoms with Gasteiger partial charge in [-0.15, -0.1) is 0 Å². The maximum Gasteiger partial charge on any atom is 0.238 e. The molecule has 0 aliphatic heterocycles. The fourth-order valence-corrected chi connectivity index (χ4v) is 3.99. The van der Waals surface area contributed by atoms with E-state index in [-0.39, 0.29) is 11.2 Å². The molecule has 3 aromatic rings. The summed E-state index contributed by atoms with van der Waals surface area (Å²) in [4.78, 5) is 17.6. The molecular weight excluding hydrogens is 372 g/mol. The number of ether oxygens (including phenoxy) is 2. The maximum absolute atomic E-state index is 12.9. The smallest absolute Gasteiger partial charge is 0.238 e. The van der Waals surface area contributed by atoms with Gasteiger partial charge in [0.25, 0.3) is 0 Å². The number of thioether (sulfide) groups is 1. The first kappa shape index (κ1) is 20.0. The quantitative estimate of drug-likeness (QED) is 0.565. The molecule has 0 radical (unpaired) electrons. The van der Waals surface area contributed by atoms with Crippen LogP contribution in [0.4, 0.5) is 5.69 Å². The molecule has 0 fully saturated rings. The van der Waals surface area contributed by atoms with Gasteiger partial charge in [-0.2, -0.15) is 0 Å². The molecule has 1 amide bonds. The van der Waals surface area contributed by atoms with E-state index < -0.39 is 0 Å². The SMILES string of the molecule is CCC(Sc1cc(C)c2ccccc2n1)C(=O)Nc1cc(OC)ccc1OC. The lowest BCUT2D eigenvalue weighted by molar-refractivity contribution is -0.115. The van der Waals surface area contributed by atoms with Crippen LogP contribution in [0.15, 0.2) is 53.6 Å². The number of fused-ring (bicyclic) bond motifs is 1. The van der Waals surface area contributed by atoms with E-state index in [1.807, 2.05) is 31.2 Å². The number of nitrogens with zero attached hydrogens (tertiary/aromatic N) is 1. The Kier molecular flexibility index (Phi) is 6.41. The van der Waals surface area contributed by atoms with E-state index in [4.69, 9.17) is 14.5 Å². The van der Waals surface area contributed by atoms with E-state index in [2.05, 4.69) is 18.3 Å². The monoisotopic (exact) mass is 396 g/mol. The van der Waals surface area contributed by atoms with Crippen LogP contribution < -0.4 is 14.8 Å². The molecule has 1 unspecified atom stereocenters. The summed E-state index contributed by atoms with van der Waals surface area (Å²) in [5.74, 6) is 1.16. The van der Waals surface area contributed by atoms with E-state index in [1.165, 1.54) is 11.8 Å². The number of aryl methyl sites for hydroxylation is 1. The standard InChI is InChI=1S/C22H24N2O3S/c1-5-20(22(25)24-18-13-15(26-3)10-11-19(18)27-4)28-21-12-14(2)16-8-6-7-9-17(16)23-21/h6-13,20H,5H2,1-4H3,(H,24,25). The minimum atomic E-state index is -0.274. The van der Waals surface area contributed by atoms with Crippen molar-refractivity contribution in [2.24, 2.45) is 0 Å². The maximum atomic E-state index is 12.9. The van der Waals surface area contributed by atoms with Crippen molar-refractivity contribution in [1.82, 2.24) is 4.98 Å². The predicted molar refractivity (Wildman–Crippen MR) is 115 cm³/mol. The number of rotatable bonds is 7. The number of methoxy groups -OCH3 is 2. The summed E-state index contributed by atoms with van der Waals surface area (Å²) in [5.41, 5.74) is 2.68. The fraction of sp³-hybridized carbons (Fsp3) is 0.273. The Balaban J connectivity index is 1.81. The molecule has 5 nitrogen and oxygen atoms in total. The van der Waals surface area contributed by atoms with Crippen molar-refractivity contribution in [3.05, 3.63) is 54.1 Å². The molecule has 0 aliphatic carbocycles. The summed E-state index contributed by atoms with van der Waals surface area (Å²) in [7, 11) is 3.16. The number of hydrogen-bond acceptors (Lipinski definition) is 5. The van der Waals surface area contributed by atoms with Crippen molar-refractivity contribution in [3.63, 3.8) is 0 Å². The summed E-state index contributed by atoms with van der Waals surface area (Å²) in [6.45, 7) is 4.06. The van der Waals surface area contributed by atoms with Crippen molar-refractivity contribution < 1.29 is 14.3 Å². The zero-order valence-corrected chi connectivity index (χ0v) is 17.3. The number of nitrogens with one attached hydrogen (secondary N) is 1. The van der Waals surface area contributed by atoms with Gasteiger partial charge in [-0.1, -0.05) is 36.9 Å². The summed E-state index contributed by atoms with van der Waals surface area (Å²) in [6.07, 6.45) is 0.677. The fourth-order valence-electron chi connectivity index (χ4n) is 2.97. The second-order valence-electron chi connectivity index (χ2n) is 6.36. The molecule has 1 aromatic heterocycles. The lowest BCUT2D eigenvalue weighted by Gasteiger charge is -2.17. The largest absolute Gasteiger partial charge is 0.497 e. The molecule has 0 spiro atoms. The third-order valence-electron chi connectivity index (χ3n) is 4.49. The Hall–Kier alpha value is -2.73. The third kappa shape index (κ3) is 4.39. The van der Waals surface area contributed by atoms with Crippen LogP contribution in [0.3, 0.4) is 0 Å². The molecule has 2 aromatic carbocycles. The van der Waals surface area contributed by atoms with Crippen molar-refractivity contribution >= 4 is 34.3 Å². The number of pyridine rings is 1. The third-order valence-corrected chi connectivity index (χ3v) is 5.77. The van der Waals surface area contributed by atoms with Crippen LogP contribution in [0.5, 0.6) is 11.5 Å². The first-order chi connectivity index (χ1) is 13.5. The molecule has 1 heterocycles. The van der Waals surface area contributed by atoms with Crippen LogP contribution in [-0.4, -0.2) is 30.4 Å². The molecule has 0 bridgehead atoms. The van der Waals surface area contributed by atoms with Gasteiger partial charge in [-0.05, 0) is 43.2 Å². The number of carbonyl (C=O) groups excluding carboxylic acids is 1. The highest BCUT2D eigenvalue weighted by Crippen LogP contribution is 2.32. The number of carbonyl (C=O) groups is 1. The van der Waals surface area contributed by atoms with Crippen molar-refractivity contribution in [3.8, 4) is 11.5 Å². The molecule has 1 N–H and O–H groups in total. The number of para-hydroxylation sites is 1. The van der Waals surface area contributed by atoms with E-state index in [1.54, 1.807) is 32.4 Å². The van der Waals surface area contributed by atoms with Crippen molar-refractivity contribution in [2.75, 3.05) is 19.5 Å². The lowest BCUT2D eigenvalue weighted by atomic mass is 10.1. The van der Waals surface area contributed by atoms with Crippen LogP contribution in [-0.2, 0) is 4.79 Å². The van der Waals surface area contributed by atoms with Gasteiger partial charge in [0, 0.05) is 11.5 Å². The first-order valence-corrected chi connectivity index (χ1v) is 9.99. The number of anilines is 1. The van der Waals surface area contributed by atoms with E-state index in [0.717, 1.165) is 21.5 Å². The lowest BCUT2D eigenvalue weighted by Crippen LogP contribution is -2.25. The predicted octanol–water partition coefficient (Wildman–Crippen LogP) is 5.07. The zero-order chi connectivity index (χ0) is 20.1. The average Bonchev–Trinajstić information content (AvgIpc) is 2.71. The zero-order valence-electron chi connectivity index (χ0n) is 16.5. The van der Waals surface area contributed by atoms with E-state index >= 15 is 0 Å². The highest BCUT2D eigenvalue weighted by atomic mass is 32.2. The Labute approximate surface area is 169 Å². The molecule has 0 aliphatic rings. The summed E-state index contributed by atoms with van der Waals surface area (Å²) >= 11 is 1.47. The molecule has 6 heteroatoms. The van der Waals surface area contributed by atoms with E-state index in [9.17, 15) is 4.79 Å². The molecule has 1 atom stereocenters. The minimum Gasteiger partial charge on any atom is -0.497 e. The average molecular weight is 397 g/mol. The Morgan fingerprint density at radius 3 is 2.64 bits per heavy atom. The van der Waals surface area contributed by atoms with E-state index in [0.29, 0.717) is 23.6 Å². The highest BCUT2D eigenvalue weighted by Gasteiger charge is 2.21. The van der Waals surface area contributed by atoms with Crippen LogP contribution in [0, 0.1) is 6.92 Å². The van der Waals surface area contributed by atoms with Crippen molar-refractivity contribution in [1.29, 1.82) is 0 Å². The highest BCUT2D eigenvalue weighted by molar-refractivity contribution is 8.00. The number of benzene rings is 2. The Morgan fingerprint density at radius 2 is 1.93 bits per heavy atom. The molecular formula is C22H24N2O3S. The van der Waals surface area contributed by atoms with Gasteiger partial charge in [-0.3, -0.25) is 4.79 Å². The Morgan fingerprint density at radius 1 is 1.14 bits per heavy atom. The first-order valence-electron chi connectivity index (χ1n) is 9.11. The topological polar surface area (TPSA) is 60.5 Å². The van der Waals surface area contributed by atoms with Gasteiger partial charge < -0.3 is 14.8 Å². The molecule has 0 saturated heterocycles. The van der Waals surface area contributed by atoms with Crippen LogP contribution >= 0.6 is 11.8 Å². The molecule has 146 valence electrons. The molecule has 0 saturated carbocycles. The van der Waals surface area contributed by atoms with Gasteiger partial charge in [0.1, 0.15) is 11.5 Å². The summed E-state index contributed by atoms with van der Waals surface area (Å²) < 4.78 is 10.6. The van der Waals surface area contributed by atoms with Gasteiger partial charge in [0.05, 0.1) is 35.7 Å². The number of aromatic nitrogens is 1. The van der Waals surface area contributed by atoms with Crippen molar-refractivity contribution in [2.45, 2.75) is 30.5 Å².